The van der Waals surface area contributed by atoms with Crippen molar-refractivity contribution in [1.82, 2.24) is 14.9 Å². The topological polar surface area (TPSA) is 92.6 Å². The number of carbonyl (C=O) groups is 1. The van der Waals surface area contributed by atoms with Gasteiger partial charge in [0.25, 0.3) is 0 Å². The minimum absolute atomic E-state index is 0.0645. The van der Waals surface area contributed by atoms with E-state index < -0.39 is 10.0 Å². The Labute approximate surface area is 162 Å². The molecule has 0 aliphatic rings. The fraction of sp³-hybridized carbons (Fsp3) is 0.222. The first-order chi connectivity index (χ1) is 13.0. The number of benzene rings is 1. The molecule has 2 aromatic heterocycles. The predicted octanol–water partition coefficient (Wildman–Crippen LogP) is 2.13. The number of rotatable bonds is 9. The van der Waals surface area contributed by atoms with Gasteiger partial charge in [-0.1, -0.05) is 30.3 Å². The third-order valence-corrected chi connectivity index (χ3v) is 6.00. The Bertz CT molecular complexity index is 1000. The maximum Gasteiger partial charge on any atom is 0.234 e. The molecule has 0 spiro atoms. The van der Waals surface area contributed by atoms with Gasteiger partial charge in [-0.05, 0) is 23.8 Å². The van der Waals surface area contributed by atoms with Crippen LogP contribution in [-0.4, -0.2) is 42.0 Å². The minimum Gasteiger partial charge on any atom is -0.354 e. The van der Waals surface area contributed by atoms with E-state index in [1.165, 1.54) is 11.8 Å². The van der Waals surface area contributed by atoms with Gasteiger partial charge in [-0.15, -0.1) is 11.8 Å². The molecule has 3 aromatic rings. The summed E-state index contributed by atoms with van der Waals surface area (Å²) in [6, 6.07) is 15.0. The summed E-state index contributed by atoms with van der Waals surface area (Å²) in [4.78, 5) is 11.8. The standard InChI is InChI=1S/C18H20N4O3S2/c23-18(14-26-13-15-4-2-1-3-5-15)19-9-11-27(24,25)21-16-7-10-22-17(12-16)6-8-20-22/h1-8,10,12,21H,9,11,13-14H2,(H,19,23). The normalized spacial score (nSPS) is 11.4. The van der Waals surface area contributed by atoms with Crippen LogP contribution in [0.5, 0.6) is 0 Å². The van der Waals surface area contributed by atoms with Crippen LogP contribution >= 0.6 is 11.8 Å². The van der Waals surface area contributed by atoms with E-state index in [0.29, 0.717) is 11.4 Å². The summed E-state index contributed by atoms with van der Waals surface area (Å²) >= 11 is 1.49. The second-order valence-corrected chi connectivity index (χ2v) is 8.69. The zero-order chi connectivity index (χ0) is 19.1. The summed E-state index contributed by atoms with van der Waals surface area (Å²) < 4.78 is 28.5. The van der Waals surface area contributed by atoms with Crippen molar-refractivity contribution >= 4 is 38.9 Å². The minimum atomic E-state index is -3.55. The van der Waals surface area contributed by atoms with Crippen LogP contribution in [-0.2, 0) is 20.6 Å². The molecule has 0 unspecified atom stereocenters. The number of anilines is 1. The lowest BCUT2D eigenvalue weighted by Gasteiger charge is -2.09. The van der Waals surface area contributed by atoms with Crippen molar-refractivity contribution in [2.75, 3.05) is 22.8 Å². The highest BCUT2D eigenvalue weighted by molar-refractivity contribution is 7.99. The molecular weight excluding hydrogens is 384 g/mol. The molecule has 0 saturated heterocycles. The van der Waals surface area contributed by atoms with Crippen molar-refractivity contribution < 1.29 is 13.2 Å². The van der Waals surface area contributed by atoms with Crippen LogP contribution in [0.1, 0.15) is 5.56 Å². The molecule has 27 heavy (non-hydrogen) atoms. The van der Waals surface area contributed by atoms with Gasteiger partial charge < -0.3 is 5.32 Å². The van der Waals surface area contributed by atoms with Crippen molar-refractivity contribution in [3.63, 3.8) is 0 Å². The molecule has 0 aliphatic heterocycles. The third kappa shape index (κ3) is 6.00. The number of thioether (sulfide) groups is 1. The Morgan fingerprint density at radius 1 is 1.15 bits per heavy atom. The van der Waals surface area contributed by atoms with Crippen LogP contribution in [0.3, 0.4) is 0 Å². The smallest absolute Gasteiger partial charge is 0.234 e. The molecule has 2 N–H and O–H groups in total. The summed E-state index contributed by atoms with van der Waals surface area (Å²) in [5.74, 6) is 0.671. The largest absolute Gasteiger partial charge is 0.354 e. The Morgan fingerprint density at radius 3 is 2.78 bits per heavy atom. The Hall–Kier alpha value is -2.52. The average Bonchev–Trinajstić information content (AvgIpc) is 3.10. The molecule has 0 fully saturated rings. The number of sulfonamides is 1. The highest BCUT2D eigenvalue weighted by atomic mass is 32.2. The fourth-order valence-corrected chi connectivity index (χ4v) is 4.20. The van der Waals surface area contributed by atoms with Gasteiger partial charge in [0.05, 0.1) is 22.7 Å². The van der Waals surface area contributed by atoms with Crippen molar-refractivity contribution in [2.45, 2.75) is 5.75 Å². The molecule has 0 saturated carbocycles. The van der Waals surface area contributed by atoms with Gasteiger partial charge in [0.2, 0.25) is 15.9 Å². The van der Waals surface area contributed by atoms with Gasteiger partial charge in [0, 0.05) is 24.7 Å². The van der Waals surface area contributed by atoms with Crippen LogP contribution in [0.25, 0.3) is 5.52 Å². The first-order valence-electron chi connectivity index (χ1n) is 8.34. The first-order valence-corrected chi connectivity index (χ1v) is 11.1. The number of aromatic nitrogens is 2. The van der Waals surface area contributed by atoms with E-state index in [-0.39, 0.29) is 18.2 Å². The lowest BCUT2D eigenvalue weighted by molar-refractivity contribution is -0.118. The first kappa shape index (κ1) is 19.2. The van der Waals surface area contributed by atoms with E-state index in [1.54, 1.807) is 35.1 Å². The number of hydrogen-bond acceptors (Lipinski definition) is 5. The SMILES string of the molecule is O=C(CSCc1ccccc1)NCCS(=O)(=O)Nc1ccn2nccc2c1. The molecule has 2 heterocycles. The maximum absolute atomic E-state index is 12.2. The highest BCUT2D eigenvalue weighted by Gasteiger charge is 2.12. The quantitative estimate of drug-likeness (QED) is 0.570. The number of carbonyl (C=O) groups excluding carboxylic acids is 1. The Balaban J connectivity index is 1.39. The fourth-order valence-electron chi connectivity index (χ4n) is 2.43. The second kappa shape index (κ2) is 8.92. The Morgan fingerprint density at radius 2 is 1.96 bits per heavy atom. The zero-order valence-electron chi connectivity index (χ0n) is 14.5. The summed E-state index contributed by atoms with van der Waals surface area (Å²) in [5, 5.41) is 6.70. The van der Waals surface area contributed by atoms with Crippen molar-refractivity contribution in [3.8, 4) is 0 Å². The van der Waals surface area contributed by atoms with Crippen LogP contribution in [0.2, 0.25) is 0 Å². The Kier molecular flexibility index (Phi) is 6.36. The van der Waals surface area contributed by atoms with E-state index in [2.05, 4.69) is 15.1 Å². The number of pyridine rings is 1. The van der Waals surface area contributed by atoms with Gasteiger partial charge >= 0.3 is 0 Å². The summed E-state index contributed by atoms with van der Waals surface area (Å²) in [6.45, 7) is 0.0645. The van der Waals surface area contributed by atoms with Gasteiger partial charge in [0.15, 0.2) is 0 Å². The van der Waals surface area contributed by atoms with E-state index in [9.17, 15) is 13.2 Å². The molecule has 0 bridgehead atoms. The molecule has 0 aliphatic carbocycles. The number of hydrogen-bond donors (Lipinski definition) is 2. The third-order valence-electron chi connectivity index (χ3n) is 3.71. The lowest BCUT2D eigenvalue weighted by Crippen LogP contribution is -2.32. The predicted molar refractivity (Wildman–Crippen MR) is 108 cm³/mol. The molecule has 1 amide bonds. The number of amides is 1. The molecule has 142 valence electrons. The summed E-state index contributed by atoms with van der Waals surface area (Å²) in [6.07, 6.45) is 3.32. The van der Waals surface area contributed by atoms with Crippen LogP contribution in [0, 0.1) is 0 Å². The molecule has 9 heteroatoms. The van der Waals surface area contributed by atoms with Gasteiger partial charge in [-0.25, -0.2) is 12.9 Å². The number of fused-ring (bicyclic) bond motifs is 1. The zero-order valence-corrected chi connectivity index (χ0v) is 16.2. The van der Waals surface area contributed by atoms with E-state index in [4.69, 9.17) is 0 Å². The average molecular weight is 405 g/mol. The van der Waals surface area contributed by atoms with Crippen molar-refractivity contribution in [3.05, 3.63) is 66.5 Å². The molecule has 0 radical (unpaired) electrons. The van der Waals surface area contributed by atoms with Crippen LogP contribution in [0.15, 0.2) is 60.9 Å². The summed E-state index contributed by atoms with van der Waals surface area (Å²) in [5.41, 5.74) is 2.41. The van der Waals surface area contributed by atoms with Gasteiger partial charge in [-0.3, -0.25) is 9.52 Å². The lowest BCUT2D eigenvalue weighted by atomic mass is 10.2. The second-order valence-electron chi connectivity index (χ2n) is 5.87. The molecule has 3 rings (SSSR count). The molecule has 1 aromatic carbocycles. The molecule has 7 nitrogen and oxygen atoms in total. The van der Waals surface area contributed by atoms with Crippen LogP contribution in [0.4, 0.5) is 5.69 Å². The van der Waals surface area contributed by atoms with Gasteiger partial charge in [0.1, 0.15) is 0 Å². The number of nitrogens with one attached hydrogen (secondary N) is 2. The highest BCUT2D eigenvalue weighted by Crippen LogP contribution is 2.13. The molecular formula is C18H20N4O3S2. The van der Waals surface area contributed by atoms with Crippen molar-refractivity contribution in [2.24, 2.45) is 0 Å². The van der Waals surface area contributed by atoms with Crippen LogP contribution < -0.4 is 10.0 Å². The van der Waals surface area contributed by atoms with E-state index in [0.717, 1.165) is 16.8 Å². The summed E-state index contributed by atoms with van der Waals surface area (Å²) in [7, 11) is -3.55. The van der Waals surface area contributed by atoms with Crippen molar-refractivity contribution in [1.29, 1.82) is 0 Å². The van der Waals surface area contributed by atoms with E-state index >= 15 is 0 Å². The van der Waals surface area contributed by atoms with Gasteiger partial charge in [-0.2, -0.15) is 5.10 Å². The molecule has 0 atom stereocenters. The monoisotopic (exact) mass is 404 g/mol. The number of nitrogens with zero attached hydrogens (tertiary/aromatic N) is 2. The maximum atomic E-state index is 12.2. The van der Waals surface area contributed by atoms with E-state index in [1.807, 2.05) is 30.3 Å².